The maximum atomic E-state index is 13.9. The molecule has 2 aromatic heterocycles. The third-order valence-electron chi connectivity index (χ3n) is 4.58. The minimum Gasteiger partial charge on any atom is -0.341 e. The van der Waals surface area contributed by atoms with Crippen LogP contribution < -0.4 is 5.56 Å². The number of carbonyl (C=O) groups excluding carboxylic acids is 1. The first kappa shape index (κ1) is 20.8. The molecule has 0 saturated heterocycles. The lowest BCUT2D eigenvalue weighted by Gasteiger charge is -2.18. The Morgan fingerprint density at radius 3 is 2.79 bits per heavy atom. The molecule has 5 nitrogen and oxygen atoms in total. The molecule has 0 aliphatic heterocycles. The summed E-state index contributed by atoms with van der Waals surface area (Å²) in [5.74, 6) is -0.576. The number of nitrogens with zero attached hydrogens (tertiary/aromatic N) is 3. The van der Waals surface area contributed by atoms with E-state index < -0.39 is 5.82 Å². The number of carbonyl (C=O) groups is 1. The third-order valence-corrected chi connectivity index (χ3v) is 7.05. The lowest BCUT2D eigenvalue weighted by atomic mass is 10.2. The van der Waals surface area contributed by atoms with E-state index in [1.165, 1.54) is 44.7 Å². The summed E-state index contributed by atoms with van der Waals surface area (Å²) in [7, 11) is 3.24. The second kappa shape index (κ2) is 8.23. The molecule has 0 aliphatic carbocycles. The number of hydrogen-bond acceptors (Lipinski definition) is 5. The van der Waals surface area contributed by atoms with E-state index >= 15 is 0 Å². The van der Waals surface area contributed by atoms with Gasteiger partial charge in [-0.15, -0.1) is 11.3 Å². The van der Waals surface area contributed by atoms with Crippen molar-refractivity contribution in [3.05, 3.63) is 55.4 Å². The Kier molecular flexibility index (Phi) is 6.12. The molecule has 0 fully saturated rings. The molecule has 0 unspecified atom stereocenters. The van der Waals surface area contributed by atoms with Crippen molar-refractivity contribution in [1.29, 1.82) is 0 Å². The number of halogens is 2. The van der Waals surface area contributed by atoms with E-state index in [0.717, 1.165) is 10.4 Å². The number of fused-ring (bicyclic) bond motifs is 1. The quantitative estimate of drug-likeness (QED) is 0.442. The molecule has 148 valence electrons. The summed E-state index contributed by atoms with van der Waals surface area (Å²) in [4.78, 5) is 32.8. The van der Waals surface area contributed by atoms with Crippen LogP contribution in [0.4, 0.5) is 4.39 Å². The summed E-state index contributed by atoms with van der Waals surface area (Å²) < 4.78 is 15.4. The second-order valence-electron chi connectivity index (χ2n) is 6.46. The van der Waals surface area contributed by atoms with Crippen molar-refractivity contribution < 1.29 is 9.18 Å². The number of thiophene rings is 1. The van der Waals surface area contributed by atoms with Crippen LogP contribution in [0.2, 0.25) is 5.02 Å². The van der Waals surface area contributed by atoms with Gasteiger partial charge in [0.2, 0.25) is 5.91 Å². The normalized spacial score (nSPS) is 11.2. The minimum absolute atomic E-state index is 0.0691. The van der Waals surface area contributed by atoms with Crippen molar-refractivity contribution in [2.24, 2.45) is 7.05 Å². The average molecular weight is 440 g/mol. The first-order valence-corrected chi connectivity index (χ1v) is 10.6. The smallest absolute Gasteiger partial charge is 0.262 e. The maximum absolute atomic E-state index is 13.9. The number of benzene rings is 1. The van der Waals surface area contributed by atoms with Crippen molar-refractivity contribution in [2.45, 2.75) is 25.5 Å². The molecule has 1 amide bonds. The number of aryl methyl sites for hydroxylation is 2. The largest absolute Gasteiger partial charge is 0.341 e. The highest BCUT2D eigenvalue weighted by Crippen LogP contribution is 2.28. The van der Waals surface area contributed by atoms with Gasteiger partial charge in [0.25, 0.3) is 5.56 Å². The fourth-order valence-electron chi connectivity index (χ4n) is 2.73. The predicted octanol–water partition coefficient (Wildman–Crippen LogP) is 4.16. The van der Waals surface area contributed by atoms with Gasteiger partial charge >= 0.3 is 0 Å². The zero-order valence-electron chi connectivity index (χ0n) is 15.9. The minimum atomic E-state index is -0.447. The van der Waals surface area contributed by atoms with E-state index in [2.05, 4.69) is 4.98 Å². The number of rotatable bonds is 5. The highest BCUT2D eigenvalue weighted by atomic mass is 35.5. The molecule has 0 aliphatic rings. The first-order valence-electron chi connectivity index (χ1n) is 8.47. The molecule has 9 heteroatoms. The van der Waals surface area contributed by atoms with Crippen LogP contribution >= 0.6 is 34.7 Å². The Balaban J connectivity index is 1.76. The highest BCUT2D eigenvalue weighted by molar-refractivity contribution is 7.99. The summed E-state index contributed by atoms with van der Waals surface area (Å²) in [6, 6.07) is 4.43. The van der Waals surface area contributed by atoms with Crippen molar-refractivity contribution in [1.82, 2.24) is 14.5 Å². The Bertz CT molecular complexity index is 1110. The van der Waals surface area contributed by atoms with Gasteiger partial charge in [-0.3, -0.25) is 14.2 Å². The lowest BCUT2D eigenvalue weighted by molar-refractivity contribution is -0.127. The van der Waals surface area contributed by atoms with Gasteiger partial charge in [-0.05, 0) is 31.5 Å². The van der Waals surface area contributed by atoms with Gasteiger partial charge in [-0.1, -0.05) is 29.4 Å². The van der Waals surface area contributed by atoms with E-state index in [1.54, 1.807) is 20.2 Å². The van der Waals surface area contributed by atoms with Gasteiger partial charge in [-0.25, -0.2) is 9.37 Å². The van der Waals surface area contributed by atoms with Crippen LogP contribution in [0.5, 0.6) is 0 Å². The molecule has 0 saturated carbocycles. The van der Waals surface area contributed by atoms with E-state index in [9.17, 15) is 14.0 Å². The first-order chi connectivity index (χ1) is 13.2. The number of aromatic nitrogens is 2. The second-order valence-corrected chi connectivity index (χ2v) is 9.01. The van der Waals surface area contributed by atoms with Crippen LogP contribution in [0, 0.1) is 19.7 Å². The molecule has 1 aromatic carbocycles. The molecule has 28 heavy (non-hydrogen) atoms. The molecule has 0 N–H and O–H groups in total. The van der Waals surface area contributed by atoms with Crippen molar-refractivity contribution in [3.8, 4) is 0 Å². The monoisotopic (exact) mass is 439 g/mol. The molecular weight excluding hydrogens is 421 g/mol. The summed E-state index contributed by atoms with van der Waals surface area (Å²) in [5, 5.41) is 1.39. The molecule has 2 heterocycles. The lowest BCUT2D eigenvalue weighted by Crippen LogP contribution is -2.29. The number of amides is 1. The third kappa shape index (κ3) is 3.94. The Labute approximate surface area is 175 Å². The van der Waals surface area contributed by atoms with Gasteiger partial charge < -0.3 is 4.90 Å². The Morgan fingerprint density at radius 1 is 1.39 bits per heavy atom. The molecule has 0 bridgehead atoms. The van der Waals surface area contributed by atoms with Crippen molar-refractivity contribution in [3.63, 3.8) is 0 Å². The zero-order valence-corrected chi connectivity index (χ0v) is 18.3. The summed E-state index contributed by atoms with van der Waals surface area (Å²) in [6.45, 7) is 3.94. The van der Waals surface area contributed by atoms with Crippen LogP contribution in [0.1, 0.15) is 16.0 Å². The molecule has 3 aromatic rings. The fourth-order valence-corrected chi connectivity index (χ4v) is 4.94. The zero-order chi connectivity index (χ0) is 20.6. The van der Waals surface area contributed by atoms with Crippen LogP contribution in [0.25, 0.3) is 10.2 Å². The number of thioether (sulfide) groups is 1. The van der Waals surface area contributed by atoms with Gasteiger partial charge in [0.05, 0.1) is 11.1 Å². The van der Waals surface area contributed by atoms with Gasteiger partial charge in [0.15, 0.2) is 5.16 Å². The predicted molar refractivity (Wildman–Crippen MR) is 113 cm³/mol. The van der Waals surface area contributed by atoms with Crippen LogP contribution in [0.3, 0.4) is 0 Å². The summed E-state index contributed by atoms with van der Waals surface area (Å²) >= 11 is 8.69. The van der Waals surface area contributed by atoms with Gasteiger partial charge in [0.1, 0.15) is 10.6 Å². The summed E-state index contributed by atoms with van der Waals surface area (Å²) in [6.07, 6.45) is 0. The molecular formula is C19H19ClFN3O2S2. The van der Waals surface area contributed by atoms with Gasteiger partial charge in [-0.2, -0.15) is 0 Å². The SMILES string of the molecule is Cc1sc2nc(SCC(=O)N(C)Cc3c(F)cccc3Cl)n(C)c(=O)c2c1C. The summed E-state index contributed by atoms with van der Waals surface area (Å²) in [5.41, 5.74) is 1.11. The molecule has 3 rings (SSSR count). The fraction of sp³-hybridized carbons (Fsp3) is 0.316. The van der Waals surface area contributed by atoms with E-state index in [0.29, 0.717) is 15.4 Å². The van der Waals surface area contributed by atoms with Crippen molar-refractivity contribution in [2.75, 3.05) is 12.8 Å². The average Bonchev–Trinajstić information content (AvgIpc) is 2.93. The van der Waals surface area contributed by atoms with E-state index in [-0.39, 0.29) is 34.4 Å². The topological polar surface area (TPSA) is 55.2 Å². The van der Waals surface area contributed by atoms with Crippen LogP contribution in [-0.4, -0.2) is 33.2 Å². The Morgan fingerprint density at radius 2 is 2.11 bits per heavy atom. The molecule has 0 spiro atoms. The highest BCUT2D eigenvalue weighted by Gasteiger charge is 2.18. The molecule has 0 radical (unpaired) electrons. The maximum Gasteiger partial charge on any atom is 0.262 e. The molecule has 0 atom stereocenters. The van der Waals surface area contributed by atoms with Crippen molar-refractivity contribution >= 4 is 50.8 Å². The standard InChI is InChI=1S/C19H19ClFN3O2S2/c1-10-11(2)28-17-16(10)18(26)24(4)19(22-17)27-9-15(25)23(3)8-12-13(20)6-5-7-14(12)21/h5-7H,8-9H2,1-4H3. The Hall–Kier alpha value is -1.90. The van der Waals surface area contributed by atoms with E-state index in [1.807, 2.05) is 13.8 Å². The van der Waals surface area contributed by atoms with Gasteiger partial charge in [0, 0.05) is 36.1 Å². The van der Waals surface area contributed by atoms with Crippen LogP contribution in [-0.2, 0) is 18.4 Å². The van der Waals surface area contributed by atoms with E-state index in [4.69, 9.17) is 11.6 Å². The number of hydrogen-bond donors (Lipinski definition) is 0. The van der Waals surface area contributed by atoms with Crippen LogP contribution in [0.15, 0.2) is 28.2 Å².